The van der Waals surface area contributed by atoms with Gasteiger partial charge in [-0.25, -0.2) is 0 Å². The van der Waals surface area contributed by atoms with Crippen molar-refractivity contribution in [2.24, 2.45) is 40.1 Å². The van der Waals surface area contributed by atoms with Crippen LogP contribution < -0.4 is 22.1 Å². The molecule has 0 heterocycles. The van der Waals surface area contributed by atoms with Gasteiger partial charge in [0.2, 0.25) is 23.6 Å². The van der Waals surface area contributed by atoms with E-state index in [1.165, 1.54) is 11.1 Å². The number of benzene rings is 2. The van der Waals surface area contributed by atoms with Crippen LogP contribution in [0.3, 0.4) is 0 Å². The van der Waals surface area contributed by atoms with Crippen molar-refractivity contribution < 1.29 is 48.5 Å². The number of rotatable bonds is 32. The Hall–Kier alpha value is -4.12. The van der Waals surface area contributed by atoms with Crippen molar-refractivity contribution >= 4 is 59.1 Å². The van der Waals surface area contributed by atoms with E-state index in [-0.39, 0.29) is 43.9 Å². The number of primary amides is 2. The van der Waals surface area contributed by atoms with Crippen LogP contribution in [0.2, 0.25) is 0 Å². The van der Waals surface area contributed by atoms with Gasteiger partial charge in [0.15, 0.2) is 0 Å². The van der Waals surface area contributed by atoms with Gasteiger partial charge in [0, 0.05) is 60.8 Å². The predicted octanol–water partition coefficient (Wildman–Crippen LogP) is 7.36. The summed E-state index contributed by atoms with van der Waals surface area (Å²) in [7, 11) is 3.11. The molecule has 2 rings (SSSR count). The Balaban J connectivity index is 0.000000653. The Kier molecular flexibility index (Phi) is 28.1. The smallest absolute Gasteiger partial charge is 0.306 e. The lowest BCUT2D eigenvalue weighted by atomic mass is 9.69. The van der Waals surface area contributed by atoms with Crippen LogP contribution in [0.25, 0.3) is 0 Å². The molecule has 4 amide bonds. The minimum Gasteiger partial charge on any atom is -0.481 e. The van der Waals surface area contributed by atoms with Crippen molar-refractivity contribution in [3.63, 3.8) is 0 Å². The fourth-order valence-electron chi connectivity index (χ4n) is 7.44. The van der Waals surface area contributed by atoms with Gasteiger partial charge in [0.25, 0.3) is 0 Å². The summed E-state index contributed by atoms with van der Waals surface area (Å²) in [5.74, 6) is -1.85. The van der Waals surface area contributed by atoms with Crippen molar-refractivity contribution in [3.8, 4) is 0 Å². The fourth-order valence-corrected chi connectivity index (χ4v) is 9.48. The van der Waals surface area contributed by atoms with Gasteiger partial charge in [-0.3, -0.25) is 28.8 Å². The van der Waals surface area contributed by atoms with Gasteiger partial charge in [-0.15, -0.1) is 0 Å². The SMILES string of the molecule is CCC(C)c1cccc(COCCSCC(C)(CC(C)(CC(C)C(=O)O)C(N)=O)C(=O)NC)c1.CCC(C)c1cccc(COCCSCC(CC(CCC(=O)O)C(N)=O)C(=O)NC)c1. The monoisotopic (exact) mass is 947 g/mol. The number of aliphatic carboxylic acids is 2. The maximum Gasteiger partial charge on any atom is 0.306 e. The van der Waals surface area contributed by atoms with Crippen molar-refractivity contribution in [2.45, 2.75) is 118 Å². The van der Waals surface area contributed by atoms with Crippen LogP contribution in [0.1, 0.15) is 128 Å². The number of carbonyl (C=O) groups is 6. The molecule has 8 N–H and O–H groups in total. The van der Waals surface area contributed by atoms with Crippen LogP contribution in [-0.4, -0.2) is 96.1 Å². The van der Waals surface area contributed by atoms with Crippen molar-refractivity contribution in [1.82, 2.24) is 10.6 Å². The third kappa shape index (κ3) is 22.3. The lowest BCUT2D eigenvalue weighted by Gasteiger charge is -2.37. The topological polar surface area (TPSA) is 237 Å². The Morgan fingerprint density at radius 1 is 0.754 bits per heavy atom. The highest BCUT2D eigenvalue weighted by Crippen LogP contribution is 2.41. The number of carboxylic acids is 2. The first-order valence-electron chi connectivity index (χ1n) is 22.6. The molecule has 2 aromatic carbocycles. The maximum atomic E-state index is 12.7. The highest BCUT2D eigenvalue weighted by molar-refractivity contribution is 7.99. The lowest BCUT2D eigenvalue weighted by molar-refractivity contribution is -0.144. The highest BCUT2D eigenvalue weighted by atomic mass is 32.2. The summed E-state index contributed by atoms with van der Waals surface area (Å²) in [4.78, 5) is 71.0. The van der Waals surface area contributed by atoms with E-state index in [9.17, 15) is 33.9 Å². The largest absolute Gasteiger partial charge is 0.481 e. The number of nitrogens with one attached hydrogen (secondary N) is 2. The highest BCUT2D eigenvalue weighted by Gasteiger charge is 2.44. The van der Waals surface area contributed by atoms with Crippen LogP contribution in [0.4, 0.5) is 0 Å². The molecule has 0 aliphatic rings. The first kappa shape index (κ1) is 58.9. The normalized spacial score (nSPS) is 15.3. The quantitative estimate of drug-likeness (QED) is 0.0395. The third-order valence-electron chi connectivity index (χ3n) is 11.9. The summed E-state index contributed by atoms with van der Waals surface area (Å²) in [6.45, 7) is 15.9. The Bertz CT molecular complexity index is 1800. The summed E-state index contributed by atoms with van der Waals surface area (Å²) in [6.07, 6.45) is 2.68. The second-order valence-corrected chi connectivity index (χ2v) is 19.9. The van der Waals surface area contributed by atoms with Gasteiger partial charge in [0.05, 0.1) is 37.8 Å². The van der Waals surface area contributed by atoms with Crippen LogP contribution in [0.15, 0.2) is 48.5 Å². The molecule has 0 saturated heterocycles. The molecule has 0 bridgehead atoms. The summed E-state index contributed by atoms with van der Waals surface area (Å²) >= 11 is 3.15. The molecule has 7 atom stereocenters. The number of hydrogen-bond acceptors (Lipinski definition) is 10. The van der Waals surface area contributed by atoms with E-state index in [0.29, 0.717) is 55.5 Å². The van der Waals surface area contributed by atoms with Crippen LogP contribution in [0, 0.1) is 28.6 Å². The molecule has 0 saturated carbocycles. The molecule has 16 heteroatoms. The molecule has 65 heavy (non-hydrogen) atoms. The molecule has 0 aliphatic carbocycles. The van der Waals surface area contributed by atoms with Crippen molar-refractivity contribution in [1.29, 1.82) is 0 Å². The molecule has 0 spiro atoms. The Morgan fingerprint density at radius 2 is 1.28 bits per heavy atom. The summed E-state index contributed by atoms with van der Waals surface area (Å²) in [5, 5.41) is 23.4. The zero-order valence-corrected chi connectivity index (χ0v) is 41.9. The van der Waals surface area contributed by atoms with Crippen LogP contribution >= 0.6 is 23.5 Å². The molecule has 0 aliphatic heterocycles. The van der Waals surface area contributed by atoms with E-state index in [2.05, 4.69) is 86.9 Å². The molecule has 0 radical (unpaired) electrons. The third-order valence-corrected chi connectivity index (χ3v) is 14.3. The average molecular weight is 947 g/mol. The molecule has 0 aromatic heterocycles. The van der Waals surface area contributed by atoms with Gasteiger partial charge in [0.1, 0.15) is 0 Å². The molecular formula is C49H78N4O10S2. The van der Waals surface area contributed by atoms with E-state index in [1.807, 2.05) is 0 Å². The maximum absolute atomic E-state index is 12.7. The zero-order chi connectivity index (χ0) is 49.2. The fraction of sp³-hybridized carbons (Fsp3) is 0.633. The van der Waals surface area contributed by atoms with Gasteiger partial charge >= 0.3 is 11.9 Å². The molecule has 2 aromatic rings. The summed E-state index contributed by atoms with van der Waals surface area (Å²) < 4.78 is 11.6. The van der Waals surface area contributed by atoms with Crippen LogP contribution in [-0.2, 0) is 51.5 Å². The molecule has 7 unspecified atom stereocenters. The number of thioether (sulfide) groups is 2. The number of amides is 4. The zero-order valence-electron chi connectivity index (χ0n) is 40.2. The second kappa shape index (κ2) is 31.0. The minimum absolute atomic E-state index is 0.0771. The number of carbonyl (C=O) groups excluding carboxylic acids is 4. The number of hydrogen-bond donors (Lipinski definition) is 6. The minimum atomic E-state index is -1.11. The summed E-state index contributed by atoms with van der Waals surface area (Å²) in [6, 6.07) is 16.9. The lowest BCUT2D eigenvalue weighted by Crippen LogP contribution is -2.47. The average Bonchev–Trinajstić information content (AvgIpc) is 3.28. The number of ether oxygens (including phenoxy) is 2. The van der Waals surface area contributed by atoms with Crippen molar-refractivity contribution in [3.05, 3.63) is 70.8 Å². The predicted molar refractivity (Wildman–Crippen MR) is 261 cm³/mol. The Labute approximate surface area is 396 Å². The van der Waals surface area contributed by atoms with Gasteiger partial charge in [-0.1, -0.05) is 90.1 Å². The van der Waals surface area contributed by atoms with E-state index in [0.717, 1.165) is 29.7 Å². The molecule has 0 fully saturated rings. The Morgan fingerprint density at radius 3 is 1.71 bits per heavy atom. The van der Waals surface area contributed by atoms with E-state index in [4.69, 9.17) is 26.0 Å². The van der Waals surface area contributed by atoms with Crippen LogP contribution in [0.5, 0.6) is 0 Å². The van der Waals surface area contributed by atoms with E-state index >= 15 is 0 Å². The van der Waals surface area contributed by atoms with E-state index < -0.39 is 52.3 Å². The molecule has 366 valence electrons. The van der Waals surface area contributed by atoms with Gasteiger partial charge in [-0.05, 0) is 79.5 Å². The standard InChI is InChI=1S/C26H42N2O5S.C23H36N2O5S/c1-7-18(2)21-10-8-9-20(13-21)15-33-11-12-34-17-26(5,24(32)28-6)16-25(4,23(27)31)14-19(3)22(29)30;1-4-16(2)18-7-5-6-17(12-18)14-30-10-11-31-15-20(23(29)25-3)13-19(22(24)28)8-9-21(26)27/h8-10,13,18-19H,7,11-12,14-17H2,1-6H3,(H2,27,31)(H,28,32)(H,29,30);5-7,12,16,19-20H,4,8-11,13-15H2,1-3H3,(H2,24,28)(H,25,29)(H,26,27). The number of nitrogens with two attached hydrogens (primary N) is 2. The van der Waals surface area contributed by atoms with Crippen molar-refractivity contribution in [2.75, 3.05) is 50.3 Å². The van der Waals surface area contributed by atoms with Gasteiger partial charge in [-0.2, -0.15) is 23.5 Å². The molecular weight excluding hydrogens is 869 g/mol. The summed E-state index contributed by atoms with van der Waals surface area (Å²) in [5.41, 5.74) is 14.0. The van der Waals surface area contributed by atoms with Gasteiger partial charge < -0.3 is 41.8 Å². The second-order valence-electron chi connectivity index (χ2n) is 17.6. The molecule has 14 nitrogen and oxygen atoms in total. The number of carboxylic acid groups (broad SMARTS) is 2. The first-order valence-corrected chi connectivity index (χ1v) is 24.9. The van der Waals surface area contributed by atoms with E-state index in [1.54, 1.807) is 58.4 Å². The first-order chi connectivity index (χ1) is 30.7.